The third-order valence-electron chi connectivity index (χ3n) is 6.30. The van der Waals surface area contributed by atoms with E-state index in [-0.39, 0.29) is 17.7 Å². The fourth-order valence-corrected chi connectivity index (χ4v) is 4.65. The molecule has 2 aromatic rings. The number of amides is 2. The highest BCUT2D eigenvalue weighted by Gasteiger charge is 2.23. The number of piperidine rings is 1. The smallest absolute Gasteiger partial charge is 0.253 e. The van der Waals surface area contributed by atoms with Crippen LogP contribution in [0.15, 0.2) is 24.3 Å². The highest BCUT2D eigenvalue weighted by atomic mass is 16.6. The number of carbonyl (C=O) groups is 2. The molecule has 172 valence electrons. The second-order valence-electron chi connectivity index (χ2n) is 8.60. The second kappa shape index (κ2) is 9.65. The first-order valence-corrected chi connectivity index (χ1v) is 11.3. The van der Waals surface area contributed by atoms with Crippen molar-refractivity contribution in [3.8, 4) is 17.2 Å². The van der Waals surface area contributed by atoms with E-state index in [1.54, 1.807) is 0 Å². The van der Waals surface area contributed by atoms with Crippen LogP contribution in [0.2, 0.25) is 0 Å². The van der Waals surface area contributed by atoms with Gasteiger partial charge in [0.25, 0.3) is 5.91 Å². The van der Waals surface area contributed by atoms with E-state index < -0.39 is 0 Å². The van der Waals surface area contributed by atoms with Gasteiger partial charge < -0.3 is 30.0 Å². The summed E-state index contributed by atoms with van der Waals surface area (Å²) in [4.78, 5) is 26.5. The van der Waals surface area contributed by atoms with Gasteiger partial charge in [-0.3, -0.25) is 9.59 Å². The number of ether oxygens (including phenoxy) is 2. The molecule has 1 aromatic heterocycles. The zero-order valence-corrected chi connectivity index (χ0v) is 18.9. The summed E-state index contributed by atoms with van der Waals surface area (Å²) >= 11 is 0. The van der Waals surface area contributed by atoms with Crippen LogP contribution in [0.25, 0.3) is 5.69 Å². The van der Waals surface area contributed by atoms with E-state index >= 15 is 0 Å². The Kier molecular flexibility index (Phi) is 6.69. The molecule has 8 nitrogen and oxygen atoms in total. The lowest BCUT2D eigenvalue weighted by atomic mass is 9.97. The molecule has 1 saturated heterocycles. The fraction of sp³-hybridized carbons (Fsp3) is 0.500. The van der Waals surface area contributed by atoms with Gasteiger partial charge in [-0.15, -0.1) is 0 Å². The summed E-state index contributed by atoms with van der Waals surface area (Å²) in [7, 11) is 0. The van der Waals surface area contributed by atoms with Crippen LogP contribution < -0.4 is 20.5 Å². The van der Waals surface area contributed by atoms with E-state index in [0.717, 1.165) is 67.5 Å². The number of nitrogens with two attached hydrogens (primary N) is 1. The van der Waals surface area contributed by atoms with Crippen LogP contribution in [0.3, 0.4) is 0 Å². The molecule has 2 amide bonds. The Labute approximate surface area is 188 Å². The number of fused-ring (bicyclic) bond motifs is 1. The third kappa shape index (κ3) is 4.75. The number of rotatable bonds is 7. The first-order chi connectivity index (χ1) is 15.4. The van der Waals surface area contributed by atoms with E-state index in [9.17, 15) is 9.59 Å². The standard InChI is InChI=1S/C24H32N4O4/c1-16-13-20(17(2)28(16)19-6-7-21-22(14-19)32-12-11-31-21)24(30)26-8-4-10-27-9-3-5-18(15-27)23(25)29/h6-7,13-14,18H,3-5,8-12,15H2,1-2H3,(H2,25,29)(H,26,30). The van der Waals surface area contributed by atoms with Crippen molar-refractivity contribution >= 4 is 11.8 Å². The summed E-state index contributed by atoms with van der Waals surface area (Å²) in [6.07, 6.45) is 2.70. The van der Waals surface area contributed by atoms with E-state index in [4.69, 9.17) is 15.2 Å². The van der Waals surface area contributed by atoms with Crippen molar-refractivity contribution in [2.75, 3.05) is 39.4 Å². The third-order valence-corrected chi connectivity index (χ3v) is 6.30. The zero-order valence-electron chi connectivity index (χ0n) is 18.9. The molecule has 4 rings (SSSR count). The Hall–Kier alpha value is -3.00. The largest absolute Gasteiger partial charge is 0.486 e. The minimum atomic E-state index is -0.212. The monoisotopic (exact) mass is 440 g/mol. The number of hydrogen-bond donors (Lipinski definition) is 2. The first kappa shape index (κ1) is 22.2. The van der Waals surface area contributed by atoms with Gasteiger partial charge in [-0.25, -0.2) is 0 Å². The molecule has 3 heterocycles. The summed E-state index contributed by atoms with van der Waals surface area (Å²) in [6, 6.07) is 7.76. The SMILES string of the molecule is Cc1cc(C(=O)NCCCN2CCCC(C(N)=O)C2)c(C)n1-c1ccc2c(c1)OCCO2. The van der Waals surface area contributed by atoms with Crippen molar-refractivity contribution in [2.45, 2.75) is 33.1 Å². The predicted octanol–water partition coefficient (Wildman–Crippen LogP) is 2.18. The molecule has 32 heavy (non-hydrogen) atoms. The summed E-state index contributed by atoms with van der Waals surface area (Å²) < 4.78 is 13.4. The number of nitrogens with one attached hydrogen (secondary N) is 1. The molecule has 1 atom stereocenters. The molecule has 1 unspecified atom stereocenters. The number of benzene rings is 1. The Morgan fingerprint density at radius 3 is 2.72 bits per heavy atom. The van der Waals surface area contributed by atoms with Crippen LogP contribution in [0.1, 0.15) is 41.0 Å². The van der Waals surface area contributed by atoms with Gasteiger partial charge in [-0.05, 0) is 64.4 Å². The van der Waals surface area contributed by atoms with Crippen molar-refractivity contribution in [3.63, 3.8) is 0 Å². The highest BCUT2D eigenvalue weighted by Crippen LogP contribution is 2.33. The minimum Gasteiger partial charge on any atom is -0.486 e. The zero-order chi connectivity index (χ0) is 22.7. The number of nitrogens with zero attached hydrogens (tertiary/aromatic N) is 2. The topological polar surface area (TPSA) is 98.8 Å². The van der Waals surface area contributed by atoms with Crippen LogP contribution in [0.5, 0.6) is 11.5 Å². The summed E-state index contributed by atoms with van der Waals surface area (Å²) in [6.45, 7) is 8.18. The van der Waals surface area contributed by atoms with Crippen molar-refractivity contribution in [3.05, 3.63) is 41.2 Å². The van der Waals surface area contributed by atoms with E-state index in [0.29, 0.717) is 25.3 Å². The number of aromatic nitrogens is 1. The molecule has 0 bridgehead atoms. The molecule has 0 aliphatic carbocycles. The average molecular weight is 441 g/mol. The minimum absolute atomic E-state index is 0.0516. The number of aryl methyl sites for hydroxylation is 1. The lowest BCUT2D eigenvalue weighted by Crippen LogP contribution is -2.42. The maximum atomic E-state index is 12.8. The number of hydrogen-bond acceptors (Lipinski definition) is 5. The quantitative estimate of drug-likeness (QED) is 0.643. The molecule has 2 aliphatic heterocycles. The van der Waals surface area contributed by atoms with Gasteiger partial charge in [-0.1, -0.05) is 0 Å². The normalized spacial score (nSPS) is 18.4. The molecule has 1 fully saturated rings. The van der Waals surface area contributed by atoms with Crippen LogP contribution in [-0.4, -0.2) is 60.7 Å². The molecule has 0 spiro atoms. The molecular formula is C24H32N4O4. The Morgan fingerprint density at radius 1 is 1.16 bits per heavy atom. The average Bonchev–Trinajstić information content (AvgIpc) is 3.10. The summed E-state index contributed by atoms with van der Waals surface area (Å²) in [5, 5.41) is 3.04. The van der Waals surface area contributed by atoms with Crippen LogP contribution >= 0.6 is 0 Å². The molecule has 2 aliphatic rings. The number of carbonyl (C=O) groups excluding carboxylic acids is 2. The van der Waals surface area contributed by atoms with Gasteiger partial charge in [0.1, 0.15) is 13.2 Å². The number of primary amides is 1. The van der Waals surface area contributed by atoms with Gasteiger partial charge in [-0.2, -0.15) is 0 Å². The Bertz CT molecular complexity index is 1000. The number of likely N-dealkylation sites (tertiary alicyclic amines) is 1. The van der Waals surface area contributed by atoms with Gasteiger partial charge >= 0.3 is 0 Å². The predicted molar refractivity (Wildman–Crippen MR) is 122 cm³/mol. The lowest BCUT2D eigenvalue weighted by molar-refractivity contribution is -0.123. The highest BCUT2D eigenvalue weighted by molar-refractivity contribution is 5.95. The van der Waals surface area contributed by atoms with Crippen molar-refractivity contribution in [2.24, 2.45) is 11.7 Å². The summed E-state index contributed by atoms with van der Waals surface area (Å²) in [5.74, 6) is 1.14. The first-order valence-electron chi connectivity index (χ1n) is 11.3. The molecule has 1 aromatic carbocycles. The van der Waals surface area contributed by atoms with E-state index in [1.807, 2.05) is 38.1 Å². The van der Waals surface area contributed by atoms with Crippen molar-refractivity contribution in [1.29, 1.82) is 0 Å². The maximum Gasteiger partial charge on any atom is 0.253 e. The van der Waals surface area contributed by atoms with Gasteiger partial charge in [0.15, 0.2) is 11.5 Å². The van der Waals surface area contributed by atoms with Gasteiger partial charge in [0.2, 0.25) is 5.91 Å². The lowest BCUT2D eigenvalue weighted by Gasteiger charge is -2.31. The fourth-order valence-electron chi connectivity index (χ4n) is 4.65. The Morgan fingerprint density at radius 2 is 1.94 bits per heavy atom. The molecule has 3 N–H and O–H groups in total. The maximum absolute atomic E-state index is 12.8. The van der Waals surface area contributed by atoms with E-state index in [1.165, 1.54) is 0 Å². The molecule has 0 radical (unpaired) electrons. The van der Waals surface area contributed by atoms with Crippen molar-refractivity contribution in [1.82, 2.24) is 14.8 Å². The van der Waals surface area contributed by atoms with Crippen LogP contribution in [-0.2, 0) is 4.79 Å². The van der Waals surface area contributed by atoms with Gasteiger partial charge in [0.05, 0.1) is 11.5 Å². The van der Waals surface area contributed by atoms with Gasteiger partial charge in [0, 0.05) is 36.2 Å². The van der Waals surface area contributed by atoms with Crippen LogP contribution in [0, 0.1) is 19.8 Å². The Balaban J connectivity index is 1.35. The second-order valence-corrected chi connectivity index (χ2v) is 8.60. The van der Waals surface area contributed by atoms with E-state index in [2.05, 4.69) is 14.8 Å². The van der Waals surface area contributed by atoms with Crippen LogP contribution in [0.4, 0.5) is 0 Å². The van der Waals surface area contributed by atoms with Crippen molar-refractivity contribution < 1.29 is 19.1 Å². The molecule has 0 saturated carbocycles. The summed E-state index contributed by atoms with van der Waals surface area (Å²) in [5.41, 5.74) is 8.93. The molecule has 8 heteroatoms. The molecular weight excluding hydrogens is 408 g/mol.